The summed E-state index contributed by atoms with van der Waals surface area (Å²) in [5, 5.41) is 10.6. The molecule has 8 heteroatoms. The number of likely N-dealkylation sites (tertiary alicyclic amines) is 1. The fraction of sp³-hybridized carbons (Fsp3) is 0.200. The van der Waals surface area contributed by atoms with Crippen LogP contribution in [0.5, 0.6) is 17.6 Å². The first-order valence-corrected chi connectivity index (χ1v) is 10.6. The van der Waals surface area contributed by atoms with Crippen LogP contribution in [0, 0.1) is 0 Å². The lowest BCUT2D eigenvalue weighted by molar-refractivity contribution is -0.131. The third kappa shape index (κ3) is 4.21. The van der Waals surface area contributed by atoms with Gasteiger partial charge in [-0.2, -0.15) is 9.97 Å². The number of hydrogen-bond acceptors (Lipinski definition) is 7. The molecule has 2 aliphatic rings. The summed E-state index contributed by atoms with van der Waals surface area (Å²) in [6.07, 6.45) is 9.90. The molecular formula is C25H21N5O3. The number of nitrogens with zero attached hydrogens (tertiary/aromatic N) is 5. The lowest BCUT2D eigenvalue weighted by Gasteiger charge is -2.37. The van der Waals surface area contributed by atoms with Gasteiger partial charge >= 0.3 is 6.01 Å². The minimum atomic E-state index is -0.157. The molecule has 1 atom stereocenters. The van der Waals surface area contributed by atoms with E-state index in [1.807, 2.05) is 43.5 Å². The van der Waals surface area contributed by atoms with Gasteiger partial charge in [-0.25, -0.2) is 0 Å². The number of aromatic nitrogens is 3. The van der Waals surface area contributed by atoms with Crippen LogP contribution in [0.1, 0.15) is 12.8 Å². The Hall–Kier alpha value is -4.38. The molecule has 8 nitrogen and oxygen atoms in total. The van der Waals surface area contributed by atoms with Gasteiger partial charge in [0.05, 0.1) is 22.8 Å². The maximum Gasteiger partial charge on any atom is 0.325 e. The van der Waals surface area contributed by atoms with Gasteiger partial charge in [-0.1, -0.05) is 11.8 Å². The van der Waals surface area contributed by atoms with Crippen molar-refractivity contribution in [2.24, 2.45) is 0 Å². The molecule has 0 radical (unpaired) electrons. The highest BCUT2D eigenvalue weighted by molar-refractivity contribution is 5.82. The molecule has 1 saturated heterocycles. The summed E-state index contributed by atoms with van der Waals surface area (Å²) in [6.45, 7) is 0.640. The van der Waals surface area contributed by atoms with E-state index in [2.05, 4.69) is 31.3 Å². The lowest BCUT2D eigenvalue weighted by Crippen LogP contribution is -2.46. The van der Waals surface area contributed by atoms with Crippen molar-refractivity contribution in [1.82, 2.24) is 19.9 Å². The monoisotopic (exact) mass is 439 g/mol. The van der Waals surface area contributed by atoms with E-state index in [0.717, 1.165) is 17.8 Å². The van der Waals surface area contributed by atoms with E-state index >= 15 is 0 Å². The number of allylic oxidation sites excluding steroid dienone is 3. The van der Waals surface area contributed by atoms with Crippen LogP contribution in [0.3, 0.4) is 0 Å². The van der Waals surface area contributed by atoms with Crippen molar-refractivity contribution in [2.75, 3.05) is 18.5 Å². The van der Waals surface area contributed by atoms with Crippen LogP contribution < -0.4 is 9.64 Å². The summed E-state index contributed by atoms with van der Waals surface area (Å²) in [7, 11) is 1.99. The Kier molecular flexibility index (Phi) is 5.37. The van der Waals surface area contributed by atoms with Gasteiger partial charge in [-0.3, -0.25) is 9.78 Å². The first-order valence-electron chi connectivity index (χ1n) is 10.6. The average molecular weight is 439 g/mol. The minimum absolute atomic E-state index is 0.0436. The second-order valence-corrected chi connectivity index (χ2v) is 7.80. The summed E-state index contributed by atoms with van der Waals surface area (Å²) in [5.74, 6) is 0.462. The van der Waals surface area contributed by atoms with Crippen molar-refractivity contribution < 1.29 is 14.6 Å². The van der Waals surface area contributed by atoms with Gasteiger partial charge in [0.1, 0.15) is 5.75 Å². The fourth-order valence-corrected chi connectivity index (χ4v) is 3.96. The number of carbonyl (C=O) groups excluding carboxylic acids is 1. The van der Waals surface area contributed by atoms with Gasteiger partial charge < -0.3 is 19.6 Å². The van der Waals surface area contributed by atoms with Gasteiger partial charge in [0.15, 0.2) is 0 Å². The van der Waals surface area contributed by atoms with Crippen LogP contribution in [0.15, 0.2) is 78.1 Å². The maximum absolute atomic E-state index is 12.7. The number of piperidine rings is 1. The molecule has 1 amide bonds. The predicted molar refractivity (Wildman–Crippen MR) is 123 cm³/mol. The number of aromatic hydroxyl groups is 1. The van der Waals surface area contributed by atoms with E-state index < -0.39 is 0 Å². The number of rotatable bonds is 5. The largest absolute Gasteiger partial charge is 0.493 e. The van der Waals surface area contributed by atoms with E-state index in [-0.39, 0.29) is 23.8 Å². The Morgan fingerprint density at radius 1 is 1.21 bits per heavy atom. The van der Waals surface area contributed by atoms with Crippen LogP contribution in [0.4, 0.5) is 5.69 Å². The SMILES string of the molecule is CN(c1ccc(Oc2nc(O)c3ccncc3n2)cc1)C1CCN(C2=C=C=CC=C2)C(=O)C1. The second-order valence-electron chi connectivity index (χ2n) is 7.80. The van der Waals surface area contributed by atoms with Crippen LogP contribution in [0.2, 0.25) is 0 Å². The van der Waals surface area contributed by atoms with E-state index in [9.17, 15) is 9.90 Å². The summed E-state index contributed by atoms with van der Waals surface area (Å²) < 4.78 is 5.73. The minimum Gasteiger partial charge on any atom is -0.493 e. The number of pyridine rings is 1. The van der Waals surface area contributed by atoms with Gasteiger partial charge in [-0.05, 0) is 54.6 Å². The summed E-state index contributed by atoms with van der Waals surface area (Å²) >= 11 is 0. The van der Waals surface area contributed by atoms with Crippen LogP contribution in [-0.2, 0) is 4.79 Å². The highest BCUT2D eigenvalue weighted by Crippen LogP contribution is 2.29. The molecule has 2 aromatic heterocycles. The van der Waals surface area contributed by atoms with E-state index in [1.54, 1.807) is 29.4 Å². The van der Waals surface area contributed by atoms with Gasteiger partial charge in [0, 0.05) is 37.9 Å². The zero-order valence-electron chi connectivity index (χ0n) is 18.0. The van der Waals surface area contributed by atoms with Gasteiger partial charge in [0.25, 0.3) is 0 Å². The number of ether oxygens (including phenoxy) is 1. The third-order valence-corrected chi connectivity index (χ3v) is 5.78. The van der Waals surface area contributed by atoms with Crippen LogP contribution >= 0.6 is 0 Å². The van der Waals surface area contributed by atoms with E-state index in [1.165, 1.54) is 0 Å². The highest BCUT2D eigenvalue weighted by atomic mass is 16.5. The Bertz CT molecular complexity index is 1350. The molecule has 1 fully saturated rings. The van der Waals surface area contributed by atoms with Crippen molar-refractivity contribution in [2.45, 2.75) is 18.9 Å². The molecule has 1 unspecified atom stereocenters. The molecule has 1 aliphatic heterocycles. The quantitative estimate of drug-likeness (QED) is 0.606. The number of fused-ring (bicyclic) bond motifs is 1. The molecule has 0 spiro atoms. The molecule has 33 heavy (non-hydrogen) atoms. The molecule has 1 aromatic carbocycles. The number of amides is 1. The predicted octanol–water partition coefficient (Wildman–Crippen LogP) is 3.71. The number of carbonyl (C=O) groups is 1. The van der Waals surface area contributed by atoms with Crippen LogP contribution in [0.25, 0.3) is 10.9 Å². The molecule has 164 valence electrons. The van der Waals surface area contributed by atoms with Crippen molar-refractivity contribution in [1.29, 1.82) is 0 Å². The zero-order valence-corrected chi connectivity index (χ0v) is 18.0. The smallest absolute Gasteiger partial charge is 0.325 e. The molecule has 3 heterocycles. The summed E-state index contributed by atoms with van der Waals surface area (Å²) in [4.78, 5) is 28.9. The molecule has 0 saturated carbocycles. The molecular weight excluding hydrogens is 418 g/mol. The average Bonchev–Trinajstić information content (AvgIpc) is 2.84. The highest BCUT2D eigenvalue weighted by Gasteiger charge is 2.30. The molecule has 3 aromatic rings. The standard InChI is InChI=1S/C25H21N5O3/c1-29(19-12-14-30(23(31)15-19)18-5-3-2-4-6-18)17-7-9-20(10-8-17)33-25-27-22-16-26-13-11-21(22)24(32)28-25/h2-3,5,7-11,13,16,19H,12,14-15H2,1H3,(H,27,28,32). The number of benzene rings is 1. The molecule has 1 N–H and O–H groups in total. The number of hydrogen-bond donors (Lipinski definition) is 1. The lowest BCUT2D eigenvalue weighted by atomic mass is 10.0. The Morgan fingerprint density at radius 3 is 2.82 bits per heavy atom. The van der Waals surface area contributed by atoms with Gasteiger partial charge in [0.2, 0.25) is 11.8 Å². The number of anilines is 1. The van der Waals surface area contributed by atoms with Crippen molar-refractivity contribution in [3.05, 3.63) is 78.1 Å². The third-order valence-electron chi connectivity index (χ3n) is 5.78. The first-order chi connectivity index (χ1) is 16.1. The Labute approximate surface area is 190 Å². The molecule has 0 bridgehead atoms. The second kappa shape index (κ2) is 8.63. The normalized spacial score (nSPS) is 17.4. The Morgan fingerprint density at radius 2 is 2.06 bits per heavy atom. The summed E-state index contributed by atoms with van der Waals surface area (Å²) in [6, 6.07) is 9.26. The van der Waals surface area contributed by atoms with E-state index in [0.29, 0.717) is 29.6 Å². The molecule has 1 aliphatic carbocycles. The summed E-state index contributed by atoms with van der Waals surface area (Å²) in [5.41, 5.74) is 8.15. The molecule has 5 rings (SSSR count). The fourth-order valence-electron chi connectivity index (χ4n) is 3.96. The maximum atomic E-state index is 12.7. The topological polar surface area (TPSA) is 91.7 Å². The van der Waals surface area contributed by atoms with Crippen LogP contribution in [-0.4, -0.2) is 50.5 Å². The van der Waals surface area contributed by atoms with Gasteiger partial charge in [-0.15, -0.1) is 0 Å². The van der Waals surface area contributed by atoms with Crippen molar-refractivity contribution >= 4 is 22.5 Å². The van der Waals surface area contributed by atoms with E-state index in [4.69, 9.17) is 4.74 Å². The Balaban J connectivity index is 1.26. The van der Waals surface area contributed by atoms with Crippen molar-refractivity contribution in [3.63, 3.8) is 0 Å². The zero-order chi connectivity index (χ0) is 22.8. The van der Waals surface area contributed by atoms with Crippen molar-refractivity contribution in [3.8, 4) is 17.6 Å². The first kappa shape index (κ1) is 20.5.